The van der Waals surface area contributed by atoms with Crippen molar-refractivity contribution in [2.75, 3.05) is 19.8 Å². The number of hydrogen-bond donors (Lipinski definition) is 2. The lowest BCUT2D eigenvalue weighted by atomic mass is 10.0. The van der Waals surface area contributed by atoms with Crippen LogP contribution in [0.5, 0.6) is 0 Å². The zero-order valence-corrected chi connectivity index (χ0v) is 10.9. The summed E-state index contributed by atoms with van der Waals surface area (Å²) >= 11 is 4.66. The molecule has 1 saturated heterocycles. The van der Waals surface area contributed by atoms with Crippen LogP contribution >= 0.6 is 27.3 Å². The van der Waals surface area contributed by atoms with Gasteiger partial charge in [-0.3, -0.25) is 4.79 Å². The van der Waals surface area contributed by atoms with Gasteiger partial charge in [0.2, 0.25) is 0 Å². The van der Waals surface area contributed by atoms with Crippen LogP contribution in [-0.4, -0.2) is 36.4 Å². The number of ether oxygens (including phenoxy) is 1. The molecule has 1 aromatic rings. The number of carbonyl (C=O) groups is 1. The molecule has 0 aliphatic carbocycles. The van der Waals surface area contributed by atoms with Crippen molar-refractivity contribution in [2.24, 2.45) is 0 Å². The van der Waals surface area contributed by atoms with E-state index in [0.29, 0.717) is 24.5 Å². The van der Waals surface area contributed by atoms with E-state index in [1.165, 1.54) is 11.3 Å². The lowest BCUT2D eigenvalue weighted by molar-refractivity contribution is 0.0265. The Bertz CT molecular complexity index is 387. The highest BCUT2D eigenvalue weighted by Crippen LogP contribution is 2.23. The van der Waals surface area contributed by atoms with Gasteiger partial charge in [0.05, 0.1) is 6.61 Å². The quantitative estimate of drug-likeness (QED) is 0.887. The molecule has 0 saturated carbocycles. The second-order valence-electron chi connectivity index (χ2n) is 3.81. The maximum atomic E-state index is 11.7. The van der Waals surface area contributed by atoms with Crippen molar-refractivity contribution >= 4 is 33.2 Å². The Kier molecular flexibility index (Phi) is 3.63. The SMILES string of the molecule is O=C(NCC1(O)CCOC1)c1sccc1Br. The van der Waals surface area contributed by atoms with E-state index in [1.54, 1.807) is 0 Å². The summed E-state index contributed by atoms with van der Waals surface area (Å²) in [6, 6.07) is 1.83. The number of nitrogens with one attached hydrogen (secondary N) is 1. The van der Waals surface area contributed by atoms with Gasteiger partial charge < -0.3 is 15.2 Å². The van der Waals surface area contributed by atoms with E-state index in [2.05, 4.69) is 21.2 Å². The fraction of sp³-hybridized carbons (Fsp3) is 0.500. The average molecular weight is 306 g/mol. The van der Waals surface area contributed by atoms with Gasteiger partial charge in [-0.15, -0.1) is 11.3 Å². The van der Waals surface area contributed by atoms with Gasteiger partial charge in [0.25, 0.3) is 5.91 Å². The summed E-state index contributed by atoms with van der Waals surface area (Å²) in [4.78, 5) is 12.4. The molecule has 1 atom stereocenters. The van der Waals surface area contributed by atoms with Crippen LogP contribution in [0, 0.1) is 0 Å². The predicted molar refractivity (Wildman–Crippen MR) is 64.7 cm³/mol. The molecular weight excluding hydrogens is 294 g/mol. The fourth-order valence-corrected chi connectivity index (χ4v) is 2.98. The highest BCUT2D eigenvalue weighted by Gasteiger charge is 2.32. The highest BCUT2D eigenvalue weighted by molar-refractivity contribution is 9.10. The second kappa shape index (κ2) is 4.83. The number of rotatable bonds is 3. The zero-order chi connectivity index (χ0) is 11.6. The van der Waals surface area contributed by atoms with Gasteiger partial charge in [-0.2, -0.15) is 0 Å². The first-order valence-electron chi connectivity index (χ1n) is 4.92. The third-order valence-electron chi connectivity index (χ3n) is 2.48. The third-order valence-corrected chi connectivity index (χ3v) is 4.32. The van der Waals surface area contributed by atoms with Gasteiger partial charge in [-0.25, -0.2) is 0 Å². The molecule has 88 valence electrons. The van der Waals surface area contributed by atoms with Crippen molar-refractivity contribution in [2.45, 2.75) is 12.0 Å². The Morgan fingerprint density at radius 3 is 3.12 bits per heavy atom. The Morgan fingerprint density at radius 1 is 1.75 bits per heavy atom. The van der Waals surface area contributed by atoms with Crippen molar-refractivity contribution in [3.05, 3.63) is 20.8 Å². The first-order chi connectivity index (χ1) is 7.61. The van der Waals surface area contributed by atoms with Gasteiger partial charge in [0.1, 0.15) is 10.5 Å². The highest BCUT2D eigenvalue weighted by atomic mass is 79.9. The van der Waals surface area contributed by atoms with Crippen molar-refractivity contribution in [1.82, 2.24) is 5.32 Å². The van der Waals surface area contributed by atoms with Gasteiger partial charge in [-0.05, 0) is 27.4 Å². The molecule has 1 amide bonds. The molecule has 16 heavy (non-hydrogen) atoms. The van der Waals surface area contributed by atoms with Gasteiger partial charge in [0, 0.05) is 24.0 Å². The number of thiophene rings is 1. The summed E-state index contributed by atoms with van der Waals surface area (Å²) in [6.45, 7) is 1.07. The Morgan fingerprint density at radius 2 is 2.56 bits per heavy atom. The standard InChI is InChI=1S/C10H12BrNO3S/c11-7-1-4-16-8(7)9(13)12-5-10(14)2-3-15-6-10/h1,4,14H,2-3,5-6H2,(H,12,13). The summed E-state index contributed by atoms with van der Waals surface area (Å²) in [5.74, 6) is -0.165. The fourth-order valence-electron chi connectivity index (χ4n) is 1.52. The summed E-state index contributed by atoms with van der Waals surface area (Å²) in [7, 11) is 0. The van der Waals surface area contributed by atoms with Crippen LogP contribution in [0.3, 0.4) is 0 Å². The van der Waals surface area contributed by atoms with Crippen molar-refractivity contribution in [3.63, 3.8) is 0 Å². The molecule has 1 aliphatic rings. The van der Waals surface area contributed by atoms with E-state index in [0.717, 1.165) is 4.47 Å². The minimum Gasteiger partial charge on any atom is -0.386 e. The molecule has 4 nitrogen and oxygen atoms in total. The maximum Gasteiger partial charge on any atom is 0.262 e. The lowest BCUT2D eigenvalue weighted by Crippen LogP contribution is -2.43. The molecule has 0 bridgehead atoms. The van der Waals surface area contributed by atoms with Gasteiger partial charge >= 0.3 is 0 Å². The van der Waals surface area contributed by atoms with Crippen molar-refractivity contribution in [1.29, 1.82) is 0 Å². The maximum absolute atomic E-state index is 11.7. The molecule has 1 fully saturated rings. The zero-order valence-electron chi connectivity index (χ0n) is 8.53. The molecule has 2 N–H and O–H groups in total. The van der Waals surface area contributed by atoms with Crippen molar-refractivity contribution in [3.8, 4) is 0 Å². The Labute approximate surface area is 106 Å². The van der Waals surface area contributed by atoms with E-state index in [4.69, 9.17) is 4.74 Å². The second-order valence-corrected chi connectivity index (χ2v) is 5.58. The van der Waals surface area contributed by atoms with E-state index >= 15 is 0 Å². The first-order valence-corrected chi connectivity index (χ1v) is 6.59. The average Bonchev–Trinajstić information content (AvgIpc) is 2.85. The number of amides is 1. The van der Waals surface area contributed by atoms with E-state index in [-0.39, 0.29) is 12.5 Å². The summed E-state index contributed by atoms with van der Waals surface area (Å²) < 4.78 is 5.88. The molecule has 0 spiro atoms. The largest absolute Gasteiger partial charge is 0.386 e. The van der Waals surface area contributed by atoms with Crippen LogP contribution in [0.4, 0.5) is 0 Å². The summed E-state index contributed by atoms with van der Waals surface area (Å²) in [6.07, 6.45) is 0.568. The van der Waals surface area contributed by atoms with Crippen LogP contribution < -0.4 is 5.32 Å². The normalized spacial score (nSPS) is 24.6. The minimum absolute atomic E-state index is 0.165. The smallest absolute Gasteiger partial charge is 0.262 e. The van der Waals surface area contributed by atoms with E-state index in [1.807, 2.05) is 11.4 Å². The molecule has 1 aromatic heterocycles. The molecule has 0 aromatic carbocycles. The Balaban J connectivity index is 1.91. The van der Waals surface area contributed by atoms with Gasteiger partial charge in [-0.1, -0.05) is 0 Å². The molecular formula is C10H12BrNO3S. The van der Waals surface area contributed by atoms with Crippen LogP contribution in [0.15, 0.2) is 15.9 Å². The van der Waals surface area contributed by atoms with Crippen LogP contribution in [0.25, 0.3) is 0 Å². The van der Waals surface area contributed by atoms with E-state index < -0.39 is 5.60 Å². The van der Waals surface area contributed by atoms with Crippen molar-refractivity contribution < 1.29 is 14.6 Å². The number of carbonyl (C=O) groups excluding carboxylic acids is 1. The van der Waals surface area contributed by atoms with Crippen LogP contribution in [0.2, 0.25) is 0 Å². The minimum atomic E-state index is -0.903. The third kappa shape index (κ3) is 2.63. The summed E-state index contributed by atoms with van der Waals surface area (Å²) in [5.41, 5.74) is -0.903. The van der Waals surface area contributed by atoms with Gasteiger partial charge in [0.15, 0.2) is 0 Å². The Hall–Kier alpha value is -0.430. The number of hydrogen-bond acceptors (Lipinski definition) is 4. The molecule has 1 aliphatic heterocycles. The lowest BCUT2D eigenvalue weighted by Gasteiger charge is -2.20. The molecule has 6 heteroatoms. The first kappa shape index (κ1) is 12.0. The predicted octanol–water partition coefficient (Wildman–Crippen LogP) is 1.39. The van der Waals surface area contributed by atoms with Crippen LogP contribution in [0.1, 0.15) is 16.1 Å². The molecule has 2 heterocycles. The molecule has 2 rings (SSSR count). The molecule has 1 unspecified atom stereocenters. The van der Waals surface area contributed by atoms with Crippen LogP contribution in [-0.2, 0) is 4.74 Å². The monoisotopic (exact) mass is 305 g/mol. The van der Waals surface area contributed by atoms with E-state index in [9.17, 15) is 9.90 Å². The molecule has 0 radical (unpaired) electrons. The summed E-state index contributed by atoms with van der Waals surface area (Å²) in [5, 5.41) is 14.5. The number of halogens is 1. The topological polar surface area (TPSA) is 58.6 Å². The number of aliphatic hydroxyl groups is 1.